The molecule has 1 fully saturated rings. The van der Waals surface area contributed by atoms with Gasteiger partial charge in [0.15, 0.2) is 0 Å². The van der Waals surface area contributed by atoms with Gasteiger partial charge in [-0.05, 0) is 31.4 Å². The van der Waals surface area contributed by atoms with Crippen molar-refractivity contribution in [3.8, 4) is 0 Å². The summed E-state index contributed by atoms with van der Waals surface area (Å²) in [5.74, 6) is 1.39. The highest BCUT2D eigenvalue weighted by atomic mass is 15.2. The Balaban J connectivity index is 2.18. The lowest BCUT2D eigenvalue weighted by atomic mass is 10.1. The van der Waals surface area contributed by atoms with Crippen LogP contribution in [0.25, 0.3) is 0 Å². The highest BCUT2D eigenvalue weighted by Crippen LogP contribution is 2.21. The highest BCUT2D eigenvalue weighted by molar-refractivity contribution is 5.62. The largest absolute Gasteiger partial charge is 0.396 e. The Morgan fingerprint density at radius 3 is 2.43 bits per heavy atom. The third-order valence-corrected chi connectivity index (χ3v) is 2.62. The van der Waals surface area contributed by atoms with Gasteiger partial charge in [0.2, 0.25) is 0 Å². The van der Waals surface area contributed by atoms with Crippen LogP contribution in [0.5, 0.6) is 0 Å². The topological polar surface area (TPSA) is 68.2 Å². The van der Waals surface area contributed by atoms with Crippen molar-refractivity contribution in [2.24, 2.45) is 0 Å². The van der Waals surface area contributed by atoms with Gasteiger partial charge in [0.05, 0.1) is 5.69 Å². The second kappa shape index (κ2) is 3.74. The molecule has 2 heterocycles. The summed E-state index contributed by atoms with van der Waals surface area (Å²) in [5.41, 5.74) is 11.8. The fourth-order valence-corrected chi connectivity index (χ4v) is 1.77. The number of nitrogens with two attached hydrogens (primary N) is 2. The smallest absolute Gasteiger partial charge is 0.149 e. The molecular weight excluding hydrogens is 176 g/mol. The number of aromatic nitrogens is 1. The summed E-state index contributed by atoms with van der Waals surface area (Å²) >= 11 is 0. The molecule has 0 radical (unpaired) electrons. The third-order valence-electron chi connectivity index (χ3n) is 2.62. The van der Waals surface area contributed by atoms with Crippen molar-refractivity contribution in [2.75, 3.05) is 29.5 Å². The summed E-state index contributed by atoms with van der Waals surface area (Å²) in [6, 6.07) is 3.77. The molecule has 4 N–H and O–H groups in total. The quantitative estimate of drug-likeness (QED) is 0.702. The van der Waals surface area contributed by atoms with E-state index < -0.39 is 0 Å². The van der Waals surface area contributed by atoms with E-state index in [4.69, 9.17) is 11.5 Å². The van der Waals surface area contributed by atoms with Crippen LogP contribution < -0.4 is 16.4 Å². The molecule has 0 aliphatic carbocycles. The minimum Gasteiger partial charge on any atom is -0.396 e. The molecule has 4 nitrogen and oxygen atoms in total. The van der Waals surface area contributed by atoms with Gasteiger partial charge in [-0.15, -0.1) is 0 Å². The number of piperidine rings is 1. The minimum atomic E-state index is 0.438. The Kier molecular flexibility index (Phi) is 2.43. The van der Waals surface area contributed by atoms with Crippen molar-refractivity contribution >= 4 is 17.3 Å². The van der Waals surface area contributed by atoms with Crippen molar-refractivity contribution in [3.63, 3.8) is 0 Å². The molecule has 1 saturated heterocycles. The molecule has 76 valence electrons. The maximum atomic E-state index is 5.66. The lowest BCUT2D eigenvalue weighted by Crippen LogP contribution is -2.30. The molecule has 2 rings (SSSR count). The van der Waals surface area contributed by atoms with Crippen molar-refractivity contribution in [1.29, 1.82) is 0 Å². The Morgan fingerprint density at radius 2 is 1.79 bits per heavy atom. The van der Waals surface area contributed by atoms with Crippen LogP contribution in [0.2, 0.25) is 0 Å². The average molecular weight is 192 g/mol. The van der Waals surface area contributed by atoms with Gasteiger partial charge < -0.3 is 16.4 Å². The van der Waals surface area contributed by atoms with Gasteiger partial charge >= 0.3 is 0 Å². The Labute approximate surface area is 83.9 Å². The molecule has 0 saturated carbocycles. The fraction of sp³-hybridized carbons (Fsp3) is 0.500. The first kappa shape index (κ1) is 9.12. The van der Waals surface area contributed by atoms with Crippen molar-refractivity contribution in [3.05, 3.63) is 12.1 Å². The molecule has 0 bridgehead atoms. The van der Waals surface area contributed by atoms with E-state index in [9.17, 15) is 0 Å². The molecule has 4 heteroatoms. The third kappa shape index (κ3) is 1.73. The van der Waals surface area contributed by atoms with E-state index >= 15 is 0 Å². The Bertz CT molecular complexity index is 318. The van der Waals surface area contributed by atoms with Crippen molar-refractivity contribution in [1.82, 2.24) is 4.98 Å². The summed E-state index contributed by atoms with van der Waals surface area (Å²) in [5, 5.41) is 0. The number of rotatable bonds is 1. The molecule has 0 unspecified atom stereocenters. The normalized spacial score (nSPS) is 17.0. The first-order valence-corrected chi connectivity index (χ1v) is 5.04. The van der Waals surface area contributed by atoms with Crippen LogP contribution in [0.3, 0.4) is 0 Å². The van der Waals surface area contributed by atoms with E-state index in [0.29, 0.717) is 11.5 Å². The number of nitrogens with zero attached hydrogens (tertiary/aromatic N) is 2. The lowest BCUT2D eigenvalue weighted by Gasteiger charge is -2.27. The van der Waals surface area contributed by atoms with Crippen LogP contribution in [-0.2, 0) is 0 Å². The predicted octanol–water partition coefficient (Wildman–Crippen LogP) is 1.24. The number of anilines is 3. The monoisotopic (exact) mass is 192 g/mol. The Morgan fingerprint density at radius 1 is 1.07 bits per heavy atom. The molecule has 1 aliphatic heterocycles. The van der Waals surface area contributed by atoms with E-state index in [1.54, 1.807) is 0 Å². The van der Waals surface area contributed by atoms with Crippen molar-refractivity contribution < 1.29 is 0 Å². The van der Waals surface area contributed by atoms with E-state index in [1.807, 2.05) is 12.1 Å². The van der Waals surface area contributed by atoms with E-state index in [-0.39, 0.29) is 0 Å². The van der Waals surface area contributed by atoms with E-state index in [0.717, 1.165) is 18.9 Å². The van der Waals surface area contributed by atoms with E-state index in [1.165, 1.54) is 19.3 Å². The molecule has 0 atom stereocenters. The lowest BCUT2D eigenvalue weighted by molar-refractivity contribution is 0.574. The fourth-order valence-electron chi connectivity index (χ4n) is 1.77. The van der Waals surface area contributed by atoms with Gasteiger partial charge in [0.25, 0.3) is 0 Å². The second-order valence-electron chi connectivity index (χ2n) is 3.69. The molecule has 0 spiro atoms. The minimum absolute atomic E-state index is 0.438. The predicted molar refractivity (Wildman–Crippen MR) is 59.1 cm³/mol. The van der Waals surface area contributed by atoms with Crippen LogP contribution in [0, 0.1) is 0 Å². The SMILES string of the molecule is Nc1ccc(N2CCCCC2)nc1N. The molecular formula is C10H16N4. The van der Waals surface area contributed by atoms with Gasteiger partial charge in [0.1, 0.15) is 11.6 Å². The zero-order valence-electron chi connectivity index (χ0n) is 8.24. The number of hydrogen-bond donors (Lipinski definition) is 2. The van der Waals surface area contributed by atoms with Crippen LogP contribution in [0.4, 0.5) is 17.3 Å². The number of pyridine rings is 1. The van der Waals surface area contributed by atoms with Gasteiger partial charge in [-0.1, -0.05) is 0 Å². The van der Waals surface area contributed by atoms with Gasteiger partial charge in [-0.2, -0.15) is 0 Å². The van der Waals surface area contributed by atoms with Gasteiger partial charge in [-0.25, -0.2) is 4.98 Å². The molecule has 14 heavy (non-hydrogen) atoms. The zero-order chi connectivity index (χ0) is 9.97. The first-order chi connectivity index (χ1) is 6.77. The summed E-state index contributed by atoms with van der Waals surface area (Å²) in [4.78, 5) is 6.54. The summed E-state index contributed by atoms with van der Waals surface area (Å²) in [6.45, 7) is 2.16. The molecule has 0 aromatic carbocycles. The summed E-state index contributed by atoms with van der Waals surface area (Å²) in [7, 11) is 0. The first-order valence-electron chi connectivity index (χ1n) is 5.04. The average Bonchev–Trinajstić information content (AvgIpc) is 2.23. The number of hydrogen-bond acceptors (Lipinski definition) is 4. The molecule has 1 aliphatic rings. The standard InChI is InChI=1S/C10H16N4/c11-8-4-5-9(13-10(8)12)14-6-2-1-3-7-14/h4-5H,1-3,6-7,11H2,(H2,12,13). The summed E-state index contributed by atoms with van der Waals surface area (Å²) in [6.07, 6.45) is 3.80. The summed E-state index contributed by atoms with van der Waals surface area (Å²) < 4.78 is 0. The maximum absolute atomic E-state index is 5.66. The Hall–Kier alpha value is -1.45. The van der Waals surface area contributed by atoms with Crippen LogP contribution >= 0.6 is 0 Å². The molecule has 0 amide bonds. The zero-order valence-corrected chi connectivity index (χ0v) is 8.24. The van der Waals surface area contributed by atoms with Gasteiger partial charge in [0, 0.05) is 13.1 Å². The van der Waals surface area contributed by atoms with Crippen molar-refractivity contribution in [2.45, 2.75) is 19.3 Å². The number of nitrogen functional groups attached to an aromatic ring is 2. The van der Waals surface area contributed by atoms with Crippen LogP contribution in [-0.4, -0.2) is 18.1 Å². The van der Waals surface area contributed by atoms with E-state index in [2.05, 4.69) is 9.88 Å². The molecule has 1 aromatic rings. The molecule has 1 aromatic heterocycles. The van der Waals surface area contributed by atoms with Crippen LogP contribution in [0.15, 0.2) is 12.1 Å². The maximum Gasteiger partial charge on any atom is 0.149 e. The second-order valence-corrected chi connectivity index (χ2v) is 3.69. The van der Waals surface area contributed by atoms with Crippen LogP contribution in [0.1, 0.15) is 19.3 Å². The van der Waals surface area contributed by atoms with Gasteiger partial charge in [-0.3, -0.25) is 0 Å². The highest BCUT2D eigenvalue weighted by Gasteiger charge is 2.12.